The molecule has 0 aliphatic heterocycles. The van der Waals surface area contributed by atoms with Crippen LogP contribution >= 0.6 is 0 Å². The number of nitrogens with one attached hydrogen (secondary N) is 2. The highest BCUT2D eigenvalue weighted by Crippen LogP contribution is 2.16. The van der Waals surface area contributed by atoms with Crippen molar-refractivity contribution in [3.63, 3.8) is 0 Å². The smallest absolute Gasteiger partial charge is 0.413 e. The van der Waals surface area contributed by atoms with E-state index in [0.717, 1.165) is 11.1 Å². The number of rotatable bonds is 5. The maximum Gasteiger partial charge on any atom is 0.413 e. The van der Waals surface area contributed by atoms with Crippen LogP contribution < -0.4 is 10.6 Å². The van der Waals surface area contributed by atoms with Gasteiger partial charge in [0.25, 0.3) is 0 Å². The molecule has 0 saturated heterocycles. The number of amides is 1. The molecule has 0 aromatic carbocycles. The van der Waals surface area contributed by atoms with E-state index >= 15 is 0 Å². The molecule has 8 nitrogen and oxygen atoms in total. The summed E-state index contributed by atoms with van der Waals surface area (Å²) < 4.78 is 6.87. The fourth-order valence-corrected chi connectivity index (χ4v) is 1.94. The Labute approximate surface area is 135 Å². The molecule has 0 aliphatic carbocycles. The van der Waals surface area contributed by atoms with Gasteiger partial charge in [0, 0.05) is 43.7 Å². The second-order valence-electron chi connectivity index (χ2n) is 6.12. The van der Waals surface area contributed by atoms with E-state index in [2.05, 4.69) is 25.7 Å². The van der Waals surface area contributed by atoms with Crippen LogP contribution in [-0.2, 0) is 24.9 Å². The number of nitrogens with zero attached hydrogens (tertiary/aromatic N) is 4. The zero-order valence-corrected chi connectivity index (χ0v) is 13.8. The van der Waals surface area contributed by atoms with E-state index in [1.807, 2.05) is 20.8 Å². The third-order valence-corrected chi connectivity index (χ3v) is 2.89. The predicted molar refractivity (Wildman–Crippen MR) is 85.6 cm³/mol. The lowest BCUT2D eigenvalue weighted by Crippen LogP contribution is -2.28. The maximum atomic E-state index is 11.9. The van der Waals surface area contributed by atoms with Crippen LogP contribution in [0, 0.1) is 0 Å². The molecule has 0 bridgehead atoms. The normalized spacial score (nSPS) is 11.3. The van der Waals surface area contributed by atoms with Crippen molar-refractivity contribution in [1.82, 2.24) is 25.1 Å². The largest absolute Gasteiger partial charge is 0.444 e. The number of hydrogen-bond donors (Lipinski definition) is 2. The molecule has 0 atom stereocenters. The van der Waals surface area contributed by atoms with Gasteiger partial charge in [-0.15, -0.1) is 0 Å². The van der Waals surface area contributed by atoms with Crippen LogP contribution in [-0.4, -0.2) is 31.4 Å². The monoisotopic (exact) mass is 318 g/mol. The van der Waals surface area contributed by atoms with Gasteiger partial charge in [-0.2, -0.15) is 5.10 Å². The maximum absolute atomic E-state index is 11.9. The van der Waals surface area contributed by atoms with Gasteiger partial charge in [0.1, 0.15) is 17.7 Å². The second-order valence-corrected chi connectivity index (χ2v) is 6.12. The molecule has 0 spiro atoms. The molecule has 0 fully saturated rings. The Morgan fingerprint density at radius 1 is 1.22 bits per heavy atom. The third-order valence-electron chi connectivity index (χ3n) is 2.89. The number of carbonyl (C=O) groups is 1. The van der Waals surface area contributed by atoms with E-state index < -0.39 is 11.7 Å². The van der Waals surface area contributed by atoms with E-state index in [9.17, 15) is 4.79 Å². The molecule has 2 aromatic heterocycles. The third kappa shape index (κ3) is 5.33. The minimum atomic E-state index is -0.547. The molecule has 2 rings (SSSR count). The molecule has 2 N–H and O–H groups in total. The first-order valence-corrected chi connectivity index (χ1v) is 7.30. The first-order chi connectivity index (χ1) is 10.8. The summed E-state index contributed by atoms with van der Waals surface area (Å²) in [5, 5.41) is 10.2. The van der Waals surface area contributed by atoms with Crippen LogP contribution in [0.25, 0.3) is 0 Å². The van der Waals surface area contributed by atoms with Gasteiger partial charge in [-0.25, -0.2) is 14.8 Å². The summed E-state index contributed by atoms with van der Waals surface area (Å²) in [5.74, 6) is 0.607. The fourth-order valence-electron chi connectivity index (χ4n) is 1.94. The molecular weight excluding hydrogens is 296 g/mol. The molecule has 2 heterocycles. The highest BCUT2D eigenvalue weighted by Gasteiger charge is 2.18. The minimum absolute atomic E-state index is 0.501. The number of aryl methyl sites for hydroxylation is 1. The first kappa shape index (κ1) is 16.9. The van der Waals surface area contributed by atoms with Crippen LogP contribution in [0.2, 0.25) is 0 Å². The molecule has 23 heavy (non-hydrogen) atoms. The Balaban J connectivity index is 1.94. The average Bonchev–Trinajstić information content (AvgIpc) is 2.79. The Hall–Kier alpha value is -2.48. The van der Waals surface area contributed by atoms with Crippen LogP contribution in [0.15, 0.2) is 24.9 Å². The van der Waals surface area contributed by atoms with Crippen molar-refractivity contribution in [2.75, 3.05) is 5.32 Å². The average molecular weight is 318 g/mol. The summed E-state index contributed by atoms with van der Waals surface area (Å²) in [6, 6.07) is 0. The van der Waals surface area contributed by atoms with E-state index in [1.165, 1.54) is 6.33 Å². The van der Waals surface area contributed by atoms with Crippen molar-refractivity contribution in [3.05, 3.63) is 36.0 Å². The van der Waals surface area contributed by atoms with Gasteiger partial charge >= 0.3 is 6.09 Å². The summed E-state index contributed by atoms with van der Waals surface area (Å²) in [4.78, 5) is 19.8. The lowest BCUT2D eigenvalue weighted by Gasteiger charge is -2.20. The van der Waals surface area contributed by atoms with Crippen molar-refractivity contribution in [2.24, 2.45) is 7.05 Å². The van der Waals surface area contributed by atoms with Crippen LogP contribution in [0.5, 0.6) is 0 Å². The highest BCUT2D eigenvalue weighted by atomic mass is 16.6. The Bertz CT molecular complexity index is 648. The molecular formula is C15H22N6O2. The summed E-state index contributed by atoms with van der Waals surface area (Å²) in [5.41, 5.74) is 1.31. The van der Waals surface area contributed by atoms with Gasteiger partial charge in [0.15, 0.2) is 0 Å². The molecule has 0 saturated carbocycles. The fraction of sp³-hybridized carbons (Fsp3) is 0.467. The van der Waals surface area contributed by atoms with E-state index in [-0.39, 0.29) is 0 Å². The number of aromatic nitrogens is 4. The lowest BCUT2D eigenvalue weighted by atomic mass is 10.2. The van der Waals surface area contributed by atoms with Gasteiger partial charge < -0.3 is 10.1 Å². The van der Waals surface area contributed by atoms with Gasteiger partial charge in [0.05, 0.1) is 6.20 Å². The Kier molecular flexibility index (Phi) is 5.28. The van der Waals surface area contributed by atoms with Crippen molar-refractivity contribution < 1.29 is 9.53 Å². The molecule has 0 unspecified atom stereocenters. The Morgan fingerprint density at radius 3 is 2.57 bits per heavy atom. The Morgan fingerprint density at radius 2 is 1.91 bits per heavy atom. The number of anilines is 1. The highest BCUT2D eigenvalue weighted by molar-refractivity contribution is 5.84. The standard InChI is InChI=1S/C15H22N6O2/c1-15(2,3)23-14(22)20-13-12(9-19-21(13)4)8-16-5-11-6-17-10-18-7-11/h6-7,9-10,16H,5,8H2,1-4H3,(H,20,22). The summed E-state index contributed by atoms with van der Waals surface area (Å²) in [6.45, 7) is 6.64. The van der Waals surface area contributed by atoms with E-state index in [0.29, 0.717) is 18.9 Å². The molecule has 1 amide bonds. The van der Waals surface area contributed by atoms with Crippen LogP contribution in [0.4, 0.5) is 10.6 Å². The molecule has 8 heteroatoms. The number of hydrogen-bond acceptors (Lipinski definition) is 6. The quantitative estimate of drug-likeness (QED) is 0.874. The first-order valence-electron chi connectivity index (χ1n) is 7.30. The summed E-state index contributed by atoms with van der Waals surface area (Å²) >= 11 is 0. The summed E-state index contributed by atoms with van der Waals surface area (Å²) in [7, 11) is 1.77. The van der Waals surface area contributed by atoms with Crippen molar-refractivity contribution in [2.45, 2.75) is 39.5 Å². The SMILES string of the molecule is Cn1ncc(CNCc2cncnc2)c1NC(=O)OC(C)(C)C. The van der Waals surface area contributed by atoms with Crippen molar-refractivity contribution in [1.29, 1.82) is 0 Å². The molecule has 2 aromatic rings. The molecule has 0 aliphatic rings. The van der Waals surface area contributed by atoms with Gasteiger partial charge in [-0.3, -0.25) is 10.00 Å². The zero-order chi connectivity index (χ0) is 16.9. The topological polar surface area (TPSA) is 94.0 Å². The number of ether oxygens (including phenoxy) is 1. The summed E-state index contributed by atoms with van der Waals surface area (Å²) in [6.07, 6.45) is 6.21. The van der Waals surface area contributed by atoms with E-state index in [1.54, 1.807) is 30.3 Å². The predicted octanol–water partition coefficient (Wildman–Crippen LogP) is 1.85. The number of carbonyl (C=O) groups excluding carboxylic acids is 1. The minimum Gasteiger partial charge on any atom is -0.444 e. The lowest BCUT2D eigenvalue weighted by molar-refractivity contribution is 0.0634. The van der Waals surface area contributed by atoms with Crippen molar-refractivity contribution in [3.8, 4) is 0 Å². The van der Waals surface area contributed by atoms with Crippen LogP contribution in [0.3, 0.4) is 0 Å². The van der Waals surface area contributed by atoms with E-state index in [4.69, 9.17) is 4.74 Å². The van der Waals surface area contributed by atoms with Crippen molar-refractivity contribution >= 4 is 11.9 Å². The van der Waals surface area contributed by atoms with Gasteiger partial charge in [-0.05, 0) is 20.8 Å². The molecule has 0 radical (unpaired) electrons. The van der Waals surface area contributed by atoms with Gasteiger partial charge in [0.2, 0.25) is 0 Å². The van der Waals surface area contributed by atoms with Gasteiger partial charge in [-0.1, -0.05) is 0 Å². The van der Waals surface area contributed by atoms with Crippen LogP contribution in [0.1, 0.15) is 31.9 Å². The molecule has 124 valence electrons. The second kappa shape index (κ2) is 7.19. The zero-order valence-electron chi connectivity index (χ0n) is 13.8.